The van der Waals surface area contributed by atoms with Crippen LogP contribution in [0.5, 0.6) is 17.2 Å². The van der Waals surface area contributed by atoms with Crippen LogP contribution in [0.3, 0.4) is 0 Å². The predicted molar refractivity (Wildman–Crippen MR) is 110 cm³/mol. The molecule has 1 amide bonds. The number of hydrogen-bond acceptors (Lipinski definition) is 6. The number of thiazole rings is 1. The van der Waals surface area contributed by atoms with Crippen molar-refractivity contribution < 1.29 is 19.0 Å². The molecule has 0 aliphatic rings. The van der Waals surface area contributed by atoms with Crippen LogP contribution in [-0.4, -0.2) is 24.6 Å². The van der Waals surface area contributed by atoms with Gasteiger partial charge in [-0.15, -0.1) is 11.3 Å². The van der Waals surface area contributed by atoms with E-state index in [9.17, 15) is 4.79 Å². The number of methoxy groups -OCH3 is 1. The Morgan fingerprint density at radius 1 is 1.11 bits per heavy atom. The quantitative estimate of drug-likeness (QED) is 0.596. The van der Waals surface area contributed by atoms with Crippen molar-refractivity contribution in [3.8, 4) is 17.2 Å². The summed E-state index contributed by atoms with van der Waals surface area (Å²) in [4.78, 5) is 16.8. The highest BCUT2D eigenvalue weighted by atomic mass is 32.1. The Balaban J connectivity index is 1.61. The fourth-order valence-electron chi connectivity index (χ4n) is 2.56. The molecule has 6 nitrogen and oxygen atoms in total. The molecule has 28 heavy (non-hydrogen) atoms. The first-order valence-corrected chi connectivity index (χ1v) is 9.73. The SMILES string of the molecule is CCOc1ccc(NC(=O)c2ccc(OCc3csc(C)n3)cc2)cc1OC. The number of aromatic nitrogens is 1. The fraction of sp³-hybridized carbons (Fsp3) is 0.238. The van der Waals surface area contributed by atoms with E-state index in [1.165, 1.54) is 0 Å². The maximum absolute atomic E-state index is 12.5. The number of nitrogens with one attached hydrogen (secondary N) is 1. The number of amides is 1. The smallest absolute Gasteiger partial charge is 0.255 e. The van der Waals surface area contributed by atoms with Crippen molar-refractivity contribution in [1.29, 1.82) is 0 Å². The van der Waals surface area contributed by atoms with Gasteiger partial charge in [-0.05, 0) is 50.2 Å². The minimum absolute atomic E-state index is 0.215. The van der Waals surface area contributed by atoms with Crippen LogP contribution in [0, 0.1) is 6.92 Å². The average molecular weight is 398 g/mol. The minimum atomic E-state index is -0.215. The molecule has 2 aromatic carbocycles. The van der Waals surface area contributed by atoms with E-state index in [0.29, 0.717) is 41.7 Å². The molecule has 3 aromatic rings. The highest BCUT2D eigenvalue weighted by molar-refractivity contribution is 7.09. The molecule has 0 radical (unpaired) electrons. The Labute approximate surface area is 168 Å². The van der Waals surface area contributed by atoms with Crippen LogP contribution in [0.15, 0.2) is 47.8 Å². The molecule has 1 heterocycles. The Morgan fingerprint density at radius 2 is 1.89 bits per heavy atom. The minimum Gasteiger partial charge on any atom is -0.493 e. The van der Waals surface area contributed by atoms with E-state index in [1.807, 2.05) is 19.2 Å². The van der Waals surface area contributed by atoms with E-state index in [4.69, 9.17) is 14.2 Å². The predicted octanol–water partition coefficient (Wildman–Crippen LogP) is 4.69. The maximum atomic E-state index is 12.5. The van der Waals surface area contributed by atoms with E-state index in [1.54, 1.807) is 60.9 Å². The van der Waals surface area contributed by atoms with E-state index >= 15 is 0 Å². The molecule has 146 valence electrons. The molecule has 1 N–H and O–H groups in total. The molecule has 0 saturated heterocycles. The molecule has 1 aromatic heterocycles. The van der Waals surface area contributed by atoms with Gasteiger partial charge in [0.05, 0.1) is 24.4 Å². The number of hydrogen-bond donors (Lipinski definition) is 1. The van der Waals surface area contributed by atoms with Crippen LogP contribution < -0.4 is 19.5 Å². The molecular weight excluding hydrogens is 376 g/mol. The van der Waals surface area contributed by atoms with Crippen molar-refractivity contribution in [3.63, 3.8) is 0 Å². The van der Waals surface area contributed by atoms with Gasteiger partial charge in [-0.2, -0.15) is 0 Å². The average Bonchev–Trinajstić information content (AvgIpc) is 3.13. The number of carbonyl (C=O) groups is 1. The molecule has 0 saturated carbocycles. The number of carbonyl (C=O) groups excluding carboxylic acids is 1. The van der Waals surface area contributed by atoms with Crippen LogP contribution in [0.25, 0.3) is 0 Å². The van der Waals surface area contributed by atoms with Crippen LogP contribution in [-0.2, 0) is 6.61 Å². The third-order valence-electron chi connectivity index (χ3n) is 3.89. The lowest BCUT2D eigenvalue weighted by Gasteiger charge is -2.12. The molecule has 0 atom stereocenters. The summed E-state index contributed by atoms with van der Waals surface area (Å²) in [5.41, 5.74) is 2.06. The second-order valence-corrected chi connectivity index (χ2v) is 6.99. The third kappa shape index (κ3) is 5.01. The van der Waals surface area contributed by atoms with Gasteiger partial charge in [0.15, 0.2) is 11.5 Å². The topological polar surface area (TPSA) is 69.7 Å². The zero-order valence-electron chi connectivity index (χ0n) is 16.0. The summed E-state index contributed by atoms with van der Waals surface area (Å²) in [7, 11) is 1.56. The van der Waals surface area contributed by atoms with Crippen molar-refractivity contribution >= 4 is 22.9 Å². The molecule has 7 heteroatoms. The number of nitrogens with zero attached hydrogens (tertiary/aromatic N) is 1. The van der Waals surface area contributed by atoms with Crippen molar-refractivity contribution in [1.82, 2.24) is 4.98 Å². The van der Waals surface area contributed by atoms with Gasteiger partial charge in [0.25, 0.3) is 5.91 Å². The van der Waals surface area contributed by atoms with Crippen molar-refractivity contribution in [2.24, 2.45) is 0 Å². The summed E-state index contributed by atoms with van der Waals surface area (Å²) < 4.78 is 16.5. The highest BCUT2D eigenvalue weighted by Crippen LogP contribution is 2.30. The summed E-state index contributed by atoms with van der Waals surface area (Å²) in [5.74, 6) is 1.68. The van der Waals surface area contributed by atoms with Gasteiger partial charge in [0.1, 0.15) is 12.4 Å². The second-order valence-electron chi connectivity index (χ2n) is 5.92. The lowest BCUT2D eigenvalue weighted by atomic mass is 10.2. The summed E-state index contributed by atoms with van der Waals surface area (Å²) in [6.07, 6.45) is 0. The van der Waals surface area contributed by atoms with Gasteiger partial charge in [-0.3, -0.25) is 4.79 Å². The van der Waals surface area contributed by atoms with Crippen LogP contribution in [0.1, 0.15) is 28.0 Å². The molecule has 0 fully saturated rings. The molecule has 0 spiro atoms. The Bertz CT molecular complexity index is 938. The van der Waals surface area contributed by atoms with E-state index in [-0.39, 0.29) is 5.91 Å². The van der Waals surface area contributed by atoms with Gasteiger partial charge < -0.3 is 19.5 Å². The molecular formula is C21H22N2O4S. The van der Waals surface area contributed by atoms with E-state index in [2.05, 4.69) is 10.3 Å². The van der Waals surface area contributed by atoms with Crippen LogP contribution >= 0.6 is 11.3 Å². The Morgan fingerprint density at radius 3 is 2.54 bits per heavy atom. The zero-order valence-corrected chi connectivity index (χ0v) is 16.8. The largest absolute Gasteiger partial charge is 0.493 e. The third-order valence-corrected chi connectivity index (χ3v) is 4.71. The molecule has 3 rings (SSSR count). The van der Waals surface area contributed by atoms with Crippen molar-refractivity contribution in [2.75, 3.05) is 19.0 Å². The lowest BCUT2D eigenvalue weighted by Crippen LogP contribution is -2.12. The molecule has 0 aliphatic carbocycles. The van der Waals surface area contributed by atoms with Gasteiger partial charge >= 0.3 is 0 Å². The first-order chi connectivity index (χ1) is 13.6. The summed E-state index contributed by atoms with van der Waals surface area (Å²) >= 11 is 1.59. The second kappa shape index (κ2) is 9.23. The zero-order chi connectivity index (χ0) is 19.9. The lowest BCUT2D eigenvalue weighted by molar-refractivity contribution is 0.102. The van der Waals surface area contributed by atoms with E-state index in [0.717, 1.165) is 10.7 Å². The fourth-order valence-corrected chi connectivity index (χ4v) is 3.15. The first-order valence-electron chi connectivity index (χ1n) is 8.85. The van der Waals surface area contributed by atoms with Crippen LogP contribution in [0.4, 0.5) is 5.69 Å². The van der Waals surface area contributed by atoms with Crippen LogP contribution in [0.2, 0.25) is 0 Å². The highest BCUT2D eigenvalue weighted by Gasteiger charge is 2.10. The monoisotopic (exact) mass is 398 g/mol. The number of rotatable bonds is 8. The number of benzene rings is 2. The number of aryl methyl sites for hydroxylation is 1. The van der Waals surface area contributed by atoms with Gasteiger partial charge in [0, 0.05) is 22.7 Å². The maximum Gasteiger partial charge on any atom is 0.255 e. The van der Waals surface area contributed by atoms with Crippen molar-refractivity contribution in [3.05, 3.63) is 64.1 Å². The van der Waals surface area contributed by atoms with E-state index < -0.39 is 0 Å². The summed E-state index contributed by atoms with van der Waals surface area (Å²) in [6, 6.07) is 12.3. The number of anilines is 1. The van der Waals surface area contributed by atoms with Gasteiger partial charge in [-0.1, -0.05) is 0 Å². The Kier molecular flexibility index (Phi) is 6.49. The summed E-state index contributed by atoms with van der Waals surface area (Å²) in [5, 5.41) is 5.84. The Hall–Kier alpha value is -3.06. The molecule has 0 bridgehead atoms. The number of ether oxygens (including phenoxy) is 3. The molecule has 0 unspecified atom stereocenters. The first kappa shape index (κ1) is 19.7. The normalized spacial score (nSPS) is 10.4. The summed E-state index contributed by atoms with van der Waals surface area (Å²) in [6.45, 7) is 4.81. The molecule has 0 aliphatic heterocycles. The van der Waals surface area contributed by atoms with Gasteiger partial charge in [-0.25, -0.2) is 4.98 Å². The van der Waals surface area contributed by atoms with Gasteiger partial charge in [0.2, 0.25) is 0 Å². The van der Waals surface area contributed by atoms with Crippen molar-refractivity contribution in [2.45, 2.75) is 20.5 Å². The standard InChI is InChI=1S/C21H22N2O4S/c1-4-26-19-10-7-16(11-20(19)25-3)23-21(24)15-5-8-18(9-6-15)27-12-17-13-28-14(2)22-17/h5-11,13H,4,12H2,1-3H3,(H,23,24).